The van der Waals surface area contributed by atoms with Crippen LogP contribution in [0.2, 0.25) is 0 Å². The summed E-state index contributed by atoms with van der Waals surface area (Å²) in [6, 6.07) is 7.08. The first-order valence-electron chi connectivity index (χ1n) is 6.57. The van der Waals surface area contributed by atoms with Crippen molar-refractivity contribution in [1.29, 1.82) is 0 Å². The van der Waals surface area contributed by atoms with Gasteiger partial charge in [0.25, 0.3) is 5.91 Å². The SMILES string of the molecule is COc1cccc(C(=O)N2CCN(C(=O)CN)CC2)c1. The van der Waals surface area contributed by atoms with Crippen molar-refractivity contribution >= 4 is 11.8 Å². The standard InChI is InChI=1S/C14H19N3O3/c1-20-12-4-2-3-11(9-12)14(19)17-7-5-16(6-8-17)13(18)10-15/h2-4,9H,5-8,10,15H2,1H3. The van der Waals surface area contributed by atoms with E-state index in [0.717, 1.165) is 0 Å². The summed E-state index contributed by atoms with van der Waals surface area (Å²) in [5, 5.41) is 0. The molecule has 1 fully saturated rings. The van der Waals surface area contributed by atoms with Crippen LogP contribution in [0, 0.1) is 0 Å². The number of benzene rings is 1. The van der Waals surface area contributed by atoms with E-state index in [1.807, 2.05) is 0 Å². The van der Waals surface area contributed by atoms with E-state index >= 15 is 0 Å². The van der Waals surface area contributed by atoms with Gasteiger partial charge < -0.3 is 20.3 Å². The minimum absolute atomic E-state index is 0.0177. The first-order valence-corrected chi connectivity index (χ1v) is 6.57. The van der Waals surface area contributed by atoms with Gasteiger partial charge in [-0.2, -0.15) is 0 Å². The molecule has 1 heterocycles. The van der Waals surface area contributed by atoms with Crippen molar-refractivity contribution in [2.24, 2.45) is 5.73 Å². The van der Waals surface area contributed by atoms with Crippen LogP contribution in [-0.2, 0) is 4.79 Å². The first-order chi connectivity index (χ1) is 9.65. The third-order valence-corrected chi connectivity index (χ3v) is 3.41. The van der Waals surface area contributed by atoms with E-state index in [-0.39, 0.29) is 18.4 Å². The van der Waals surface area contributed by atoms with Crippen LogP contribution >= 0.6 is 0 Å². The van der Waals surface area contributed by atoms with Crippen LogP contribution in [0.4, 0.5) is 0 Å². The fourth-order valence-corrected chi connectivity index (χ4v) is 2.23. The van der Waals surface area contributed by atoms with Gasteiger partial charge in [0.2, 0.25) is 5.91 Å². The summed E-state index contributed by atoms with van der Waals surface area (Å²) in [5.74, 6) is 0.551. The Hall–Kier alpha value is -2.08. The average Bonchev–Trinajstić information content (AvgIpc) is 2.53. The Kier molecular flexibility index (Phi) is 4.57. The van der Waals surface area contributed by atoms with Crippen LogP contribution in [0.3, 0.4) is 0 Å². The number of hydrogen-bond donors (Lipinski definition) is 1. The number of carbonyl (C=O) groups is 2. The van der Waals surface area contributed by atoms with Crippen molar-refractivity contribution in [3.8, 4) is 5.75 Å². The number of hydrogen-bond acceptors (Lipinski definition) is 4. The monoisotopic (exact) mass is 277 g/mol. The lowest BCUT2D eigenvalue weighted by Gasteiger charge is -2.34. The maximum Gasteiger partial charge on any atom is 0.254 e. The van der Waals surface area contributed by atoms with Crippen molar-refractivity contribution in [2.45, 2.75) is 0 Å². The number of nitrogens with zero attached hydrogens (tertiary/aromatic N) is 2. The molecule has 0 aliphatic carbocycles. The predicted molar refractivity (Wildman–Crippen MR) is 74.5 cm³/mol. The quantitative estimate of drug-likeness (QED) is 0.839. The highest BCUT2D eigenvalue weighted by Crippen LogP contribution is 2.15. The summed E-state index contributed by atoms with van der Waals surface area (Å²) >= 11 is 0. The summed E-state index contributed by atoms with van der Waals surface area (Å²) in [6.45, 7) is 2.14. The fraction of sp³-hybridized carbons (Fsp3) is 0.429. The van der Waals surface area contributed by atoms with E-state index < -0.39 is 0 Å². The zero-order valence-electron chi connectivity index (χ0n) is 11.5. The molecular weight excluding hydrogens is 258 g/mol. The molecule has 1 aromatic carbocycles. The molecule has 6 nitrogen and oxygen atoms in total. The van der Waals surface area contributed by atoms with Gasteiger partial charge in [-0.05, 0) is 18.2 Å². The highest BCUT2D eigenvalue weighted by atomic mass is 16.5. The minimum Gasteiger partial charge on any atom is -0.497 e. The van der Waals surface area contributed by atoms with Gasteiger partial charge in [0.05, 0.1) is 13.7 Å². The Bertz CT molecular complexity index is 496. The van der Waals surface area contributed by atoms with Gasteiger partial charge in [0.15, 0.2) is 0 Å². The van der Waals surface area contributed by atoms with Crippen LogP contribution < -0.4 is 10.5 Å². The number of ether oxygens (including phenoxy) is 1. The van der Waals surface area contributed by atoms with E-state index in [4.69, 9.17) is 10.5 Å². The molecule has 1 saturated heterocycles. The molecule has 1 aliphatic heterocycles. The van der Waals surface area contributed by atoms with Crippen molar-refractivity contribution < 1.29 is 14.3 Å². The number of amides is 2. The van der Waals surface area contributed by atoms with Crippen molar-refractivity contribution in [2.75, 3.05) is 39.8 Å². The van der Waals surface area contributed by atoms with Gasteiger partial charge in [-0.3, -0.25) is 9.59 Å². The normalized spacial score (nSPS) is 15.1. The van der Waals surface area contributed by atoms with Crippen LogP contribution in [0.5, 0.6) is 5.75 Å². The summed E-state index contributed by atoms with van der Waals surface area (Å²) in [6.07, 6.45) is 0. The number of piperazine rings is 1. The molecule has 0 radical (unpaired) electrons. The summed E-state index contributed by atoms with van der Waals surface area (Å²) < 4.78 is 5.12. The summed E-state index contributed by atoms with van der Waals surface area (Å²) in [5.41, 5.74) is 5.93. The van der Waals surface area contributed by atoms with Crippen molar-refractivity contribution in [3.05, 3.63) is 29.8 Å². The molecule has 0 saturated carbocycles. The highest BCUT2D eigenvalue weighted by molar-refractivity contribution is 5.94. The second kappa shape index (κ2) is 6.38. The van der Waals surface area contributed by atoms with E-state index in [0.29, 0.717) is 37.5 Å². The summed E-state index contributed by atoms with van der Waals surface area (Å²) in [4.78, 5) is 27.3. The molecular formula is C14H19N3O3. The average molecular weight is 277 g/mol. The van der Waals surface area contributed by atoms with Crippen LogP contribution in [0.25, 0.3) is 0 Å². The summed E-state index contributed by atoms with van der Waals surface area (Å²) in [7, 11) is 1.57. The van der Waals surface area contributed by atoms with Crippen LogP contribution in [0.1, 0.15) is 10.4 Å². The maximum absolute atomic E-state index is 12.4. The number of carbonyl (C=O) groups excluding carboxylic acids is 2. The molecule has 2 rings (SSSR count). The Morgan fingerprint density at radius 2 is 1.85 bits per heavy atom. The third-order valence-electron chi connectivity index (χ3n) is 3.41. The van der Waals surface area contributed by atoms with Crippen LogP contribution in [-0.4, -0.2) is 61.4 Å². The van der Waals surface area contributed by atoms with E-state index in [1.54, 1.807) is 41.2 Å². The molecule has 0 atom stereocenters. The van der Waals surface area contributed by atoms with E-state index in [2.05, 4.69) is 0 Å². The second-order valence-corrected chi connectivity index (χ2v) is 4.61. The Balaban J connectivity index is 1.99. The number of rotatable bonds is 3. The predicted octanol–water partition coefficient (Wildman–Crippen LogP) is -0.0617. The molecule has 1 aromatic rings. The molecule has 0 unspecified atom stereocenters. The lowest BCUT2D eigenvalue weighted by Crippen LogP contribution is -2.51. The van der Waals surface area contributed by atoms with Gasteiger partial charge in [-0.15, -0.1) is 0 Å². The van der Waals surface area contributed by atoms with E-state index in [9.17, 15) is 9.59 Å². The number of methoxy groups -OCH3 is 1. The fourth-order valence-electron chi connectivity index (χ4n) is 2.23. The van der Waals surface area contributed by atoms with Crippen LogP contribution in [0.15, 0.2) is 24.3 Å². The molecule has 1 aliphatic rings. The molecule has 20 heavy (non-hydrogen) atoms. The van der Waals surface area contributed by atoms with Gasteiger partial charge in [-0.25, -0.2) is 0 Å². The molecule has 0 bridgehead atoms. The Morgan fingerprint density at radius 1 is 1.20 bits per heavy atom. The Labute approximate surface area is 118 Å². The van der Waals surface area contributed by atoms with Gasteiger partial charge in [0.1, 0.15) is 5.75 Å². The lowest BCUT2D eigenvalue weighted by molar-refractivity contribution is -0.131. The lowest BCUT2D eigenvalue weighted by atomic mass is 10.1. The van der Waals surface area contributed by atoms with Gasteiger partial charge >= 0.3 is 0 Å². The number of nitrogens with two attached hydrogens (primary N) is 1. The van der Waals surface area contributed by atoms with Crippen molar-refractivity contribution in [3.63, 3.8) is 0 Å². The minimum atomic E-state index is -0.0709. The molecule has 6 heteroatoms. The first kappa shape index (κ1) is 14.3. The van der Waals surface area contributed by atoms with Gasteiger partial charge in [0, 0.05) is 31.7 Å². The molecule has 0 spiro atoms. The third kappa shape index (κ3) is 3.08. The topological polar surface area (TPSA) is 75.9 Å². The Morgan fingerprint density at radius 3 is 2.45 bits per heavy atom. The smallest absolute Gasteiger partial charge is 0.254 e. The zero-order chi connectivity index (χ0) is 14.5. The largest absolute Gasteiger partial charge is 0.497 e. The molecule has 2 N–H and O–H groups in total. The van der Waals surface area contributed by atoms with E-state index in [1.165, 1.54) is 0 Å². The molecule has 108 valence electrons. The molecule has 0 aromatic heterocycles. The maximum atomic E-state index is 12.4. The van der Waals surface area contributed by atoms with Gasteiger partial charge in [-0.1, -0.05) is 6.07 Å². The highest BCUT2D eigenvalue weighted by Gasteiger charge is 2.24. The second-order valence-electron chi connectivity index (χ2n) is 4.61. The zero-order valence-corrected chi connectivity index (χ0v) is 11.5. The molecule has 2 amide bonds. The van der Waals surface area contributed by atoms with Crippen molar-refractivity contribution in [1.82, 2.24) is 9.80 Å².